The summed E-state index contributed by atoms with van der Waals surface area (Å²) < 4.78 is 6.12. The maximum atomic E-state index is 12.4. The average Bonchev–Trinajstić information content (AvgIpc) is 2.74. The van der Waals surface area contributed by atoms with Crippen LogP contribution in [0.15, 0.2) is 76.3 Å². The molecule has 0 atom stereocenters. The zero-order chi connectivity index (χ0) is 21.5. The zero-order valence-corrected chi connectivity index (χ0v) is 18.2. The van der Waals surface area contributed by atoms with Gasteiger partial charge in [0.1, 0.15) is 5.75 Å². The van der Waals surface area contributed by atoms with Crippen molar-refractivity contribution in [2.24, 2.45) is 5.10 Å². The summed E-state index contributed by atoms with van der Waals surface area (Å²) >= 11 is 9.44. The van der Waals surface area contributed by atoms with E-state index in [1.54, 1.807) is 61.7 Å². The van der Waals surface area contributed by atoms with Crippen molar-refractivity contribution in [3.8, 4) is 5.75 Å². The van der Waals surface area contributed by atoms with Crippen LogP contribution in [0, 0.1) is 0 Å². The van der Waals surface area contributed by atoms with Gasteiger partial charge in [0.05, 0.1) is 23.9 Å². The van der Waals surface area contributed by atoms with Crippen molar-refractivity contribution in [1.82, 2.24) is 5.43 Å². The Bertz CT molecular complexity index is 1120. The van der Waals surface area contributed by atoms with E-state index in [-0.39, 0.29) is 5.91 Å². The summed E-state index contributed by atoms with van der Waals surface area (Å²) in [5.74, 6) is -0.160. The number of benzene rings is 3. The Morgan fingerprint density at radius 2 is 1.83 bits per heavy atom. The van der Waals surface area contributed by atoms with Crippen LogP contribution in [0.1, 0.15) is 26.3 Å². The van der Waals surface area contributed by atoms with Crippen molar-refractivity contribution in [3.63, 3.8) is 0 Å². The number of rotatable bonds is 6. The van der Waals surface area contributed by atoms with Crippen LogP contribution in [0.25, 0.3) is 0 Å². The minimum absolute atomic E-state index is 0.338. The third-order valence-electron chi connectivity index (χ3n) is 4.06. The molecule has 0 fully saturated rings. The molecule has 0 saturated carbocycles. The molecule has 3 rings (SSSR count). The fraction of sp³-hybridized carbons (Fsp3) is 0.0455. The molecule has 0 unspecified atom stereocenters. The van der Waals surface area contributed by atoms with E-state index in [9.17, 15) is 9.59 Å². The van der Waals surface area contributed by atoms with E-state index in [0.29, 0.717) is 33.1 Å². The quantitative estimate of drug-likeness (QED) is 0.374. The van der Waals surface area contributed by atoms with Crippen LogP contribution < -0.4 is 15.5 Å². The lowest BCUT2D eigenvalue weighted by molar-refractivity contribution is 0.0953. The van der Waals surface area contributed by atoms with Crippen LogP contribution in [0.3, 0.4) is 0 Å². The molecule has 0 spiro atoms. The molecule has 2 N–H and O–H groups in total. The van der Waals surface area contributed by atoms with Crippen molar-refractivity contribution in [2.75, 3.05) is 12.4 Å². The highest BCUT2D eigenvalue weighted by Gasteiger charge is 2.11. The molecule has 3 aromatic carbocycles. The van der Waals surface area contributed by atoms with Gasteiger partial charge in [0.25, 0.3) is 11.8 Å². The van der Waals surface area contributed by atoms with Gasteiger partial charge in [-0.05, 0) is 48.5 Å². The van der Waals surface area contributed by atoms with E-state index in [1.165, 1.54) is 6.21 Å². The largest absolute Gasteiger partial charge is 0.496 e. The molecule has 0 heterocycles. The molecule has 0 aliphatic rings. The SMILES string of the molecule is COc1ccc(Br)cc1/C=N\NC(=O)c1cccc(NC(=O)c2ccccc2Cl)c1. The number of hydrogen-bond acceptors (Lipinski definition) is 4. The lowest BCUT2D eigenvalue weighted by Crippen LogP contribution is -2.18. The average molecular weight is 487 g/mol. The Kier molecular flexibility index (Phi) is 7.21. The Morgan fingerprint density at radius 1 is 1.03 bits per heavy atom. The number of carbonyl (C=O) groups excluding carboxylic acids is 2. The van der Waals surface area contributed by atoms with Crippen molar-refractivity contribution in [2.45, 2.75) is 0 Å². The predicted octanol–water partition coefficient (Wildman–Crippen LogP) is 5.13. The highest BCUT2D eigenvalue weighted by Crippen LogP contribution is 2.21. The van der Waals surface area contributed by atoms with Crippen molar-refractivity contribution >= 4 is 51.2 Å². The van der Waals surface area contributed by atoms with Gasteiger partial charge in [0.15, 0.2) is 0 Å². The van der Waals surface area contributed by atoms with Crippen molar-refractivity contribution < 1.29 is 14.3 Å². The molecular formula is C22H17BrClN3O3. The molecule has 2 amide bonds. The van der Waals surface area contributed by atoms with E-state index in [2.05, 4.69) is 31.8 Å². The zero-order valence-electron chi connectivity index (χ0n) is 15.9. The number of amides is 2. The van der Waals surface area contributed by atoms with Gasteiger partial charge in [-0.3, -0.25) is 9.59 Å². The number of halogens is 2. The van der Waals surface area contributed by atoms with Crippen LogP contribution >= 0.6 is 27.5 Å². The molecule has 0 aliphatic carbocycles. The second kappa shape index (κ2) is 10.0. The van der Waals surface area contributed by atoms with Crippen LogP contribution in [0.5, 0.6) is 5.75 Å². The van der Waals surface area contributed by atoms with E-state index in [0.717, 1.165) is 4.47 Å². The van der Waals surface area contributed by atoms with Gasteiger partial charge in [-0.1, -0.05) is 45.7 Å². The van der Waals surface area contributed by atoms with Crippen molar-refractivity contribution in [3.05, 3.63) is 92.9 Å². The van der Waals surface area contributed by atoms with Crippen LogP contribution in [-0.4, -0.2) is 25.1 Å². The fourth-order valence-electron chi connectivity index (χ4n) is 2.61. The molecule has 0 aromatic heterocycles. The molecule has 0 saturated heterocycles. The first-order chi connectivity index (χ1) is 14.5. The number of hydrazone groups is 1. The van der Waals surface area contributed by atoms with Gasteiger partial charge in [-0.25, -0.2) is 5.43 Å². The number of methoxy groups -OCH3 is 1. The van der Waals surface area contributed by atoms with Crippen LogP contribution in [0.2, 0.25) is 5.02 Å². The van der Waals surface area contributed by atoms with Gasteiger partial charge in [-0.2, -0.15) is 5.10 Å². The summed E-state index contributed by atoms with van der Waals surface area (Å²) in [6, 6.07) is 18.7. The minimum Gasteiger partial charge on any atom is -0.496 e. The highest BCUT2D eigenvalue weighted by molar-refractivity contribution is 9.10. The van der Waals surface area contributed by atoms with Crippen LogP contribution in [0.4, 0.5) is 5.69 Å². The maximum absolute atomic E-state index is 12.4. The van der Waals surface area contributed by atoms with E-state index >= 15 is 0 Å². The standard InChI is InChI=1S/C22H17BrClN3O3/c1-30-20-10-9-16(23)11-15(20)13-25-27-21(28)14-5-4-6-17(12-14)26-22(29)18-7-2-3-8-19(18)24/h2-13H,1H3,(H,26,29)(H,27,28)/b25-13-. The number of nitrogens with zero attached hydrogens (tertiary/aromatic N) is 1. The number of nitrogens with one attached hydrogen (secondary N) is 2. The second-order valence-corrected chi connectivity index (χ2v) is 7.42. The predicted molar refractivity (Wildman–Crippen MR) is 122 cm³/mol. The Hall–Kier alpha value is -3.16. The van der Waals surface area contributed by atoms with Crippen LogP contribution in [-0.2, 0) is 0 Å². The number of anilines is 1. The Balaban J connectivity index is 1.68. The summed E-state index contributed by atoms with van der Waals surface area (Å²) in [5.41, 5.74) is 4.32. The molecule has 0 aliphatic heterocycles. The topological polar surface area (TPSA) is 79.8 Å². The molecule has 0 bridgehead atoms. The van der Waals surface area contributed by atoms with Gasteiger partial charge >= 0.3 is 0 Å². The van der Waals surface area contributed by atoms with E-state index in [1.807, 2.05) is 12.1 Å². The van der Waals surface area contributed by atoms with E-state index < -0.39 is 5.91 Å². The van der Waals surface area contributed by atoms with E-state index in [4.69, 9.17) is 16.3 Å². The molecule has 8 heteroatoms. The smallest absolute Gasteiger partial charge is 0.271 e. The van der Waals surface area contributed by atoms with Gasteiger partial charge < -0.3 is 10.1 Å². The number of carbonyl (C=O) groups is 2. The molecule has 152 valence electrons. The summed E-state index contributed by atoms with van der Waals surface area (Å²) in [6.07, 6.45) is 1.49. The summed E-state index contributed by atoms with van der Waals surface area (Å²) in [5, 5.41) is 7.07. The first-order valence-electron chi connectivity index (χ1n) is 8.81. The minimum atomic E-state index is -0.422. The van der Waals surface area contributed by atoms with Crippen molar-refractivity contribution in [1.29, 1.82) is 0 Å². The molecular weight excluding hydrogens is 470 g/mol. The highest BCUT2D eigenvalue weighted by atomic mass is 79.9. The molecule has 30 heavy (non-hydrogen) atoms. The summed E-state index contributed by atoms with van der Waals surface area (Å²) in [6.45, 7) is 0. The number of ether oxygens (including phenoxy) is 1. The second-order valence-electron chi connectivity index (χ2n) is 6.10. The maximum Gasteiger partial charge on any atom is 0.271 e. The fourth-order valence-corrected chi connectivity index (χ4v) is 3.21. The molecule has 6 nitrogen and oxygen atoms in total. The summed E-state index contributed by atoms with van der Waals surface area (Å²) in [4.78, 5) is 24.8. The van der Waals surface area contributed by atoms with Gasteiger partial charge in [0.2, 0.25) is 0 Å². The lowest BCUT2D eigenvalue weighted by Gasteiger charge is -2.08. The lowest BCUT2D eigenvalue weighted by atomic mass is 10.1. The van der Waals surface area contributed by atoms with Gasteiger partial charge in [0, 0.05) is 21.3 Å². The van der Waals surface area contributed by atoms with Gasteiger partial charge in [-0.15, -0.1) is 0 Å². The Morgan fingerprint density at radius 3 is 2.60 bits per heavy atom. The monoisotopic (exact) mass is 485 g/mol. The molecule has 3 aromatic rings. The normalized spacial score (nSPS) is 10.6. The Labute approximate surface area is 187 Å². The third-order valence-corrected chi connectivity index (χ3v) is 4.89. The first kappa shape index (κ1) is 21.5. The first-order valence-corrected chi connectivity index (χ1v) is 9.98. The number of hydrogen-bond donors (Lipinski definition) is 2. The third kappa shape index (κ3) is 5.46. The summed E-state index contributed by atoms with van der Waals surface area (Å²) in [7, 11) is 1.56. The molecule has 0 radical (unpaired) electrons.